The number of carbonyl (C=O) groups excluding carboxylic acids is 8. The van der Waals surface area contributed by atoms with Crippen molar-refractivity contribution >= 4 is 66.1 Å². The number of thiol groups is 1. The van der Waals surface area contributed by atoms with E-state index in [2.05, 4.69) is 54.8 Å². The Balaban J connectivity index is 1.37. The molecule has 8 amide bonds. The van der Waals surface area contributed by atoms with E-state index < -0.39 is 196 Å². The summed E-state index contributed by atoms with van der Waals surface area (Å²) in [5.41, 5.74) is -0.345. The van der Waals surface area contributed by atoms with Crippen molar-refractivity contribution in [1.29, 1.82) is 0 Å². The first kappa shape index (κ1) is 82.0. The van der Waals surface area contributed by atoms with Crippen LogP contribution >= 0.6 is 18.8 Å². The van der Waals surface area contributed by atoms with Crippen LogP contribution in [0.2, 0.25) is 0 Å². The summed E-state index contributed by atoms with van der Waals surface area (Å²) < 4.78 is 69.0. The third-order valence-corrected chi connectivity index (χ3v) is 19.1. The molecule has 4 fully saturated rings. The molecule has 0 aromatic heterocycles. The molecule has 38 heteroatoms. The summed E-state index contributed by atoms with van der Waals surface area (Å²) in [5, 5.41) is 112. The largest absolute Gasteiger partial charge is 0.394 e. The number of hydrogen-bond donors (Lipinski definition) is 18. The molecule has 3 heterocycles. The van der Waals surface area contributed by atoms with Crippen molar-refractivity contribution in [3.8, 4) is 0 Å². The Bertz CT molecular complexity index is 2410. The summed E-state index contributed by atoms with van der Waals surface area (Å²) in [6.07, 6.45) is -16.9. The van der Waals surface area contributed by atoms with Gasteiger partial charge in [-0.25, -0.2) is 0 Å². The lowest BCUT2D eigenvalue weighted by molar-refractivity contribution is -0.272. The molecule has 4 aliphatic rings. The van der Waals surface area contributed by atoms with Gasteiger partial charge < -0.3 is 136 Å². The topological polar surface area (TPSA) is 524 Å². The van der Waals surface area contributed by atoms with Gasteiger partial charge >= 0.3 is 0 Å². The molecule has 542 valence electrons. The number of nitrogens with one attached hydrogen (secondary N) is 8. The van der Waals surface area contributed by atoms with E-state index >= 15 is 0 Å². The Hall–Kier alpha value is -4.42. The van der Waals surface area contributed by atoms with E-state index in [0.717, 1.165) is 0 Å². The third kappa shape index (κ3) is 27.5. The molecule has 36 nitrogen and oxygen atoms in total. The highest BCUT2D eigenvalue weighted by molar-refractivity contribution is 8.46. The van der Waals surface area contributed by atoms with Crippen molar-refractivity contribution in [2.24, 2.45) is 5.92 Å². The van der Waals surface area contributed by atoms with Gasteiger partial charge in [-0.05, 0) is 38.5 Å². The maximum Gasteiger partial charge on any atom is 0.257 e. The van der Waals surface area contributed by atoms with E-state index in [0.29, 0.717) is 25.7 Å². The van der Waals surface area contributed by atoms with Crippen molar-refractivity contribution < 1.29 is 136 Å². The fourth-order valence-electron chi connectivity index (χ4n) is 10.3. The number of amides is 8. The number of ether oxygens (including phenoxy) is 9. The molecule has 3 aliphatic heterocycles. The van der Waals surface area contributed by atoms with Gasteiger partial charge in [0.1, 0.15) is 85.1 Å². The zero-order valence-electron chi connectivity index (χ0n) is 53.5. The Labute approximate surface area is 549 Å². The van der Waals surface area contributed by atoms with Crippen LogP contribution in [0.1, 0.15) is 86.0 Å². The molecule has 0 aromatic rings. The summed E-state index contributed by atoms with van der Waals surface area (Å²) in [5.74, 6) is -5.48. The summed E-state index contributed by atoms with van der Waals surface area (Å²) in [7, 11) is 0. The van der Waals surface area contributed by atoms with Crippen LogP contribution in [0.3, 0.4) is 0 Å². The molecular formula is C56H99N8O28PS. The molecule has 17 N–H and O–H groups in total. The molecule has 0 radical (unpaired) electrons. The smallest absolute Gasteiger partial charge is 0.257 e. The SMILES string of the molecule is CC(=O)NC1C(OCCOCCNC(=O)CCC(NC(=O)CCC(NC(=O)[C@H]2CC[C@@H](OP(=O)(S)C(C)C)CC2)C(=O)NCCOCCOC2OC(CO)C(O)C(O)C2NC(C)=O)C(=O)NCCOCCOC2OC(CO)C(O)C(O)C2NC(C)=O)OC(CO)C(O)C1O. The monoisotopic (exact) mass is 1390 g/mol. The Morgan fingerprint density at radius 1 is 0.489 bits per heavy atom. The van der Waals surface area contributed by atoms with Gasteiger partial charge in [-0.15, -0.1) is 0 Å². The van der Waals surface area contributed by atoms with Gasteiger partial charge in [0.05, 0.1) is 85.4 Å². The van der Waals surface area contributed by atoms with Gasteiger partial charge in [0.15, 0.2) is 18.9 Å². The highest BCUT2D eigenvalue weighted by Gasteiger charge is 2.48. The van der Waals surface area contributed by atoms with Crippen LogP contribution in [0.4, 0.5) is 0 Å². The minimum atomic E-state index is -3.22. The third-order valence-electron chi connectivity index (χ3n) is 15.5. The minimum Gasteiger partial charge on any atom is -0.394 e. The lowest BCUT2D eigenvalue weighted by Crippen LogP contribution is -2.64. The van der Waals surface area contributed by atoms with Gasteiger partial charge in [0.2, 0.25) is 47.3 Å². The zero-order chi connectivity index (χ0) is 69.7. The zero-order valence-corrected chi connectivity index (χ0v) is 55.3. The summed E-state index contributed by atoms with van der Waals surface area (Å²) in [6.45, 7) is 0.582. The number of aliphatic hydroxyl groups excluding tert-OH is 9. The Kier molecular flexibility index (Phi) is 37.0. The predicted molar refractivity (Wildman–Crippen MR) is 326 cm³/mol. The van der Waals surface area contributed by atoms with Crippen LogP contribution in [-0.2, 0) is 90.1 Å². The normalized spacial score (nSPS) is 30.0. The fraction of sp³-hybridized carbons (Fsp3) is 0.857. The van der Waals surface area contributed by atoms with Crippen LogP contribution in [-0.4, -0.2) is 308 Å². The molecule has 4 rings (SSSR count). The molecule has 3 saturated heterocycles. The molecular weight excluding hydrogens is 1300 g/mol. The molecule has 18 unspecified atom stereocenters. The van der Waals surface area contributed by atoms with Gasteiger partial charge in [-0.1, -0.05) is 26.1 Å². The van der Waals surface area contributed by atoms with Gasteiger partial charge in [-0.3, -0.25) is 42.9 Å². The quantitative estimate of drug-likeness (QED) is 0.0154. The van der Waals surface area contributed by atoms with E-state index in [4.69, 9.17) is 47.2 Å². The average Bonchev–Trinajstić information content (AvgIpc) is 0.828. The second kappa shape index (κ2) is 42.4. The number of hydrogen-bond acceptors (Lipinski definition) is 28. The van der Waals surface area contributed by atoms with Crippen molar-refractivity contribution in [3.63, 3.8) is 0 Å². The summed E-state index contributed by atoms with van der Waals surface area (Å²) >= 11 is 4.24. The van der Waals surface area contributed by atoms with Crippen molar-refractivity contribution in [2.75, 3.05) is 98.9 Å². The highest BCUT2D eigenvalue weighted by Crippen LogP contribution is 2.58. The average molecular weight is 1400 g/mol. The van der Waals surface area contributed by atoms with Gasteiger partial charge in [-0.2, -0.15) is 0 Å². The molecule has 1 aliphatic carbocycles. The van der Waals surface area contributed by atoms with Gasteiger partial charge in [0.25, 0.3) is 6.57 Å². The first-order chi connectivity index (χ1) is 44.6. The fourth-order valence-corrected chi connectivity index (χ4v) is 11.6. The van der Waals surface area contributed by atoms with Crippen LogP contribution < -0.4 is 42.5 Å². The number of aliphatic hydroxyl groups is 9. The molecule has 0 aromatic carbocycles. The molecule has 0 spiro atoms. The number of carbonyl (C=O) groups is 8. The van der Waals surface area contributed by atoms with E-state index in [1.165, 1.54) is 20.8 Å². The van der Waals surface area contributed by atoms with Crippen LogP contribution in [0.15, 0.2) is 0 Å². The van der Waals surface area contributed by atoms with E-state index in [-0.39, 0.29) is 104 Å². The molecule has 18 atom stereocenters. The summed E-state index contributed by atoms with van der Waals surface area (Å²) in [4.78, 5) is 104. The second-order valence-electron chi connectivity index (χ2n) is 23.2. The highest BCUT2D eigenvalue weighted by atomic mass is 32.7. The van der Waals surface area contributed by atoms with Crippen LogP contribution in [0.25, 0.3) is 0 Å². The standard InChI is InChI=1S/C56H99N8O28PS/c1-29(2)93(82,94)92-34-8-6-33(7-9-34)51(79)64-36(53(81)59-16-19-85-22-25-88-56-44(62-32(5)70)50(78)47(75)39(28-67)91-56)11-13-41(72)63-35(52(80)58-15-18-84-21-24-87-55-43(61-31(4)69)49(77)46(74)38(27-66)90-55)10-12-40(71)57-14-17-83-20-23-86-54-42(60-30(3)68)48(76)45(73)37(26-65)89-54/h29,33-39,42-50,54-56,65-67,73-78H,6-28H2,1-5H3,(H,57,71)(H,58,80)(H,59,81)(H,60,68)(H,61,69)(H,62,70)(H,63,72)(H,64,79)(H,82,94)/t33-,34+,35?,36?,37?,38?,39?,42?,43?,44?,45?,46?,47?,48?,49?,50?,54?,55?,56?,93?. The first-order valence-corrected chi connectivity index (χ1v) is 34.2. The maximum atomic E-state index is 13.9. The Morgan fingerprint density at radius 3 is 1.19 bits per heavy atom. The Morgan fingerprint density at radius 2 is 0.840 bits per heavy atom. The van der Waals surface area contributed by atoms with Crippen LogP contribution in [0.5, 0.6) is 0 Å². The first-order valence-electron chi connectivity index (χ1n) is 31.3. The predicted octanol–water partition coefficient (Wildman–Crippen LogP) is -7.10. The van der Waals surface area contributed by atoms with Crippen molar-refractivity contribution in [1.82, 2.24) is 42.5 Å². The van der Waals surface area contributed by atoms with Crippen LogP contribution in [0, 0.1) is 5.92 Å². The molecule has 0 bridgehead atoms. The number of rotatable bonds is 41. The van der Waals surface area contributed by atoms with E-state index in [9.17, 15) is 88.9 Å². The second-order valence-corrected chi connectivity index (χ2v) is 27.2. The molecule has 94 heavy (non-hydrogen) atoms. The summed E-state index contributed by atoms with van der Waals surface area (Å²) in [6, 6.07) is -6.21. The lowest BCUT2D eigenvalue weighted by atomic mass is 9.86. The van der Waals surface area contributed by atoms with Crippen molar-refractivity contribution in [3.05, 3.63) is 0 Å². The van der Waals surface area contributed by atoms with E-state index in [1.54, 1.807) is 13.8 Å². The van der Waals surface area contributed by atoms with Gasteiger partial charge in [0, 0.05) is 64.8 Å². The lowest BCUT2D eigenvalue weighted by Gasteiger charge is -2.42. The maximum absolute atomic E-state index is 13.9. The van der Waals surface area contributed by atoms with E-state index in [1.807, 2.05) is 0 Å². The molecule has 1 saturated carbocycles. The minimum absolute atomic E-state index is 0.0246. The van der Waals surface area contributed by atoms with Crippen molar-refractivity contribution in [2.45, 2.75) is 202 Å².